The predicted octanol–water partition coefficient (Wildman–Crippen LogP) is 4.89. The van der Waals surface area contributed by atoms with Crippen molar-refractivity contribution in [3.8, 4) is 0 Å². The Morgan fingerprint density at radius 3 is 2.85 bits per heavy atom. The molecule has 3 heterocycles. The summed E-state index contributed by atoms with van der Waals surface area (Å²) in [5, 5.41) is 1.21. The molecular formula is C22H24N4S. The number of imidazole rings is 1. The van der Waals surface area contributed by atoms with E-state index in [0.29, 0.717) is 0 Å². The van der Waals surface area contributed by atoms with E-state index in [1.54, 1.807) is 0 Å². The monoisotopic (exact) mass is 376 g/mol. The zero-order valence-electron chi connectivity index (χ0n) is 15.6. The summed E-state index contributed by atoms with van der Waals surface area (Å²) in [7, 11) is 0. The molecule has 5 heteroatoms. The number of nitrogens with zero attached hydrogens (tertiary/aromatic N) is 4. The molecule has 0 amide bonds. The molecule has 0 N–H and O–H groups in total. The standard InChI is InChI=1S/C22H24N4S/c1-18-5-7-21(27-18)16-26(12-3-11-25-13-10-23-17-25)15-19-6-8-22-20(14-19)4-2-9-24-22/h2,4-10,13-14,17H,3,11-12,15-16H2,1H3. The normalized spacial score (nSPS) is 11.5. The first-order valence-corrected chi connectivity index (χ1v) is 10.1. The van der Waals surface area contributed by atoms with Crippen LogP contribution in [0.15, 0.2) is 67.4 Å². The van der Waals surface area contributed by atoms with E-state index in [-0.39, 0.29) is 0 Å². The molecule has 0 atom stereocenters. The molecule has 0 saturated heterocycles. The van der Waals surface area contributed by atoms with E-state index in [9.17, 15) is 0 Å². The van der Waals surface area contributed by atoms with Gasteiger partial charge in [-0.3, -0.25) is 9.88 Å². The van der Waals surface area contributed by atoms with Crippen LogP contribution in [0.1, 0.15) is 21.7 Å². The Hall–Kier alpha value is -2.50. The zero-order chi connectivity index (χ0) is 18.5. The summed E-state index contributed by atoms with van der Waals surface area (Å²) in [6.45, 7) is 6.18. The lowest BCUT2D eigenvalue weighted by atomic mass is 10.1. The van der Waals surface area contributed by atoms with Crippen molar-refractivity contribution in [1.82, 2.24) is 19.4 Å². The molecule has 0 radical (unpaired) electrons. The summed E-state index contributed by atoms with van der Waals surface area (Å²) in [4.78, 5) is 13.9. The van der Waals surface area contributed by atoms with Crippen molar-refractivity contribution in [2.24, 2.45) is 0 Å². The number of hydrogen-bond donors (Lipinski definition) is 0. The highest BCUT2D eigenvalue weighted by atomic mass is 32.1. The van der Waals surface area contributed by atoms with Gasteiger partial charge in [-0.15, -0.1) is 11.3 Å². The van der Waals surface area contributed by atoms with Crippen molar-refractivity contribution < 1.29 is 0 Å². The van der Waals surface area contributed by atoms with Crippen LogP contribution in [-0.4, -0.2) is 26.0 Å². The van der Waals surface area contributed by atoms with Crippen LogP contribution in [0.2, 0.25) is 0 Å². The number of aryl methyl sites for hydroxylation is 2. The number of thiophene rings is 1. The third-order valence-corrected chi connectivity index (χ3v) is 5.68. The highest BCUT2D eigenvalue weighted by molar-refractivity contribution is 7.11. The summed E-state index contributed by atoms with van der Waals surface area (Å²) in [6.07, 6.45) is 8.72. The number of aromatic nitrogens is 3. The maximum absolute atomic E-state index is 4.43. The van der Waals surface area contributed by atoms with E-state index in [2.05, 4.69) is 62.8 Å². The summed E-state index contributed by atoms with van der Waals surface area (Å²) in [6, 6.07) is 15.2. The molecule has 0 aliphatic carbocycles. The van der Waals surface area contributed by atoms with E-state index in [0.717, 1.165) is 38.1 Å². The molecule has 0 spiro atoms. The van der Waals surface area contributed by atoms with Crippen LogP contribution >= 0.6 is 11.3 Å². The average Bonchev–Trinajstić information content (AvgIpc) is 3.33. The van der Waals surface area contributed by atoms with Crippen molar-refractivity contribution >= 4 is 22.2 Å². The third kappa shape index (κ3) is 4.81. The van der Waals surface area contributed by atoms with Gasteiger partial charge in [-0.05, 0) is 49.2 Å². The van der Waals surface area contributed by atoms with Gasteiger partial charge in [0.1, 0.15) is 0 Å². The molecule has 27 heavy (non-hydrogen) atoms. The third-order valence-electron chi connectivity index (χ3n) is 4.70. The van der Waals surface area contributed by atoms with Gasteiger partial charge in [-0.1, -0.05) is 12.1 Å². The smallest absolute Gasteiger partial charge is 0.0945 e. The van der Waals surface area contributed by atoms with Crippen LogP contribution < -0.4 is 0 Å². The van der Waals surface area contributed by atoms with Crippen molar-refractivity contribution in [2.75, 3.05) is 6.54 Å². The summed E-state index contributed by atoms with van der Waals surface area (Å²) in [5.41, 5.74) is 2.40. The highest BCUT2D eigenvalue weighted by Gasteiger charge is 2.09. The summed E-state index contributed by atoms with van der Waals surface area (Å²) < 4.78 is 2.15. The minimum atomic E-state index is 0.950. The number of benzene rings is 1. The first-order valence-electron chi connectivity index (χ1n) is 9.33. The van der Waals surface area contributed by atoms with Gasteiger partial charge in [0.05, 0.1) is 11.8 Å². The van der Waals surface area contributed by atoms with E-state index in [1.165, 1.54) is 20.7 Å². The quantitative estimate of drug-likeness (QED) is 0.439. The Kier molecular flexibility index (Phi) is 5.61. The lowest BCUT2D eigenvalue weighted by Gasteiger charge is -2.22. The first-order chi connectivity index (χ1) is 13.3. The van der Waals surface area contributed by atoms with Crippen molar-refractivity contribution in [3.63, 3.8) is 0 Å². The summed E-state index contributed by atoms with van der Waals surface area (Å²) >= 11 is 1.89. The van der Waals surface area contributed by atoms with Crippen LogP contribution in [-0.2, 0) is 19.6 Å². The zero-order valence-corrected chi connectivity index (χ0v) is 16.4. The highest BCUT2D eigenvalue weighted by Crippen LogP contribution is 2.20. The molecule has 0 unspecified atom stereocenters. The molecule has 4 rings (SSSR count). The van der Waals surface area contributed by atoms with E-state index >= 15 is 0 Å². The SMILES string of the molecule is Cc1ccc(CN(CCCn2ccnc2)Cc2ccc3ncccc3c2)s1. The van der Waals surface area contributed by atoms with Crippen molar-refractivity contribution in [2.45, 2.75) is 33.0 Å². The van der Waals surface area contributed by atoms with Gasteiger partial charge in [0.2, 0.25) is 0 Å². The van der Waals surface area contributed by atoms with E-state index in [1.807, 2.05) is 42.3 Å². The minimum absolute atomic E-state index is 0.950. The molecule has 3 aromatic heterocycles. The molecule has 0 fully saturated rings. The van der Waals surface area contributed by atoms with Crippen LogP contribution in [0.4, 0.5) is 0 Å². The molecule has 0 saturated carbocycles. The maximum atomic E-state index is 4.43. The maximum Gasteiger partial charge on any atom is 0.0945 e. The Balaban J connectivity index is 1.46. The molecule has 1 aromatic carbocycles. The number of fused-ring (bicyclic) bond motifs is 1. The molecule has 138 valence electrons. The van der Waals surface area contributed by atoms with Gasteiger partial charge >= 0.3 is 0 Å². The number of pyridine rings is 1. The molecule has 4 aromatic rings. The Morgan fingerprint density at radius 1 is 1.07 bits per heavy atom. The fraction of sp³-hybridized carbons (Fsp3) is 0.273. The van der Waals surface area contributed by atoms with Crippen molar-refractivity contribution in [3.05, 3.63) is 82.7 Å². The van der Waals surface area contributed by atoms with Crippen molar-refractivity contribution in [1.29, 1.82) is 0 Å². The second kappa shape index (κ2) is 8.46. The topological polar surface area (TPSA) is 34.0 Å². The first kappa shape index (κ1) is 17.9. The minimum Gasteiger partial charge on any atom is -0.337 e. The number of rotatable bonds is 8. The molecule has 0 bridgehead atoms. The molecular weight excluding hydrogens is 352 g/mol. The van der Waals surface area contributed by atoms with Crippen LogP contribution in [0.25, 0.3) is 10.9 Å². The van der Waals surface area contributed by atoms with Gasteiger partial charge in [0.25, 0.3) is 0 Å². The Labute approximate surface area is 164 Å². The Bertz CT molecular complexity index is 990. The van der Waals surface area contributed by atoms with Crippen LogP contribution in [0.5, 0.6) is 0 Å². The second-order valence-electron chi connectivity index (χ2n) is 6.91. The second-order valence-corrected chi connectivity index (χ2v) is 8.28. The molecule has 0 aliphatic heterocycles. The van der Waals surface area contributed by atoms with Gasteiger partial charge in [0.15, 0.2) is 0 Å². The number of hydrogen-bond acceptors (Lipinski definition) is 4. The predicted molar refractivity (Wildman–Crippen MR) is 112 cm³/mol. The Morgan fingerprint density at radius 2 is 2.04 bits per heavy atom. The van der Waals surface area contributed by atoms with Crippen LogP contribution in [0, 0.1) is 6.92 Å². The summed E-state index contributed by atoms with van der Waals surface area (Å²) in [5.74, 6) is 0. The van der Waals surface area contributed by atoms with Crippen LogP contribution in [0.3, 0.4) is 0 Å². The van der Waals surface area contributed by atoms with E-state index in [4.69, 9.17) is 0 Å². The van der Waals surface area contributed by atoms with Gasteiger partial charge in [0, 0.05) is 59.9 Å². The fourth-order valence-corrected chi connectivity index (χ4v) is 4.31. The van der Waals surface area contributed by atoms with Gasteiger partial charge in [-0.2, -0.15) is 0 Å². The largest absolute Gasteiger partial charge is 0.337 e. The molecule has 4 nitrogen and oxygen atoms in total. The fourth-order valence-electron chi connectivity index (χ4n) is 3.38. The van der Waals surface area contributed by atoms with Gasteiger partial charge < -0.3 is 4.57 Å². The lowest BCUT2D eigenvalue weighted by Crippen LogP contribution is -2.24. The van der Waals surface area contributed by atoms with E-state index < -0.39 is 0 Å². The average molecular weight is 377 g/mol. The van der Waals surface area contributed by atoms with Gasteiger partial charge in [-0.25, -0.2) is 4.98 Å². The lowest BCUT2D eigenvalue weighted by molar-refractivity contribution is 0.251. The molecule has 0 aliphatic rings.